The molecule has 1 rings (SSSR count). The molecule has 0 bridgehead atoms. The van der Waals surface area contributed by atoms with Crippen LogP contribution in [0, 0.1) is 0 Å². The minimum atomic E-state index is -6.65. The number of thiophene rings is 1. The van der Waals surface area contributed by atoms with Crippen LogP contribution in [0.2, 0.25) is 0 Å². The highest BCUT2D eigenvalue weighted by atomic mass is 32.1. The Hall–Kier alpha value is -1.78. The molecule has 11 heteroatoms. The Morgan fingerprint density at radius 3 is 2.17 bits per heavy atom. The molecule has 0 aliphatic rings. The zero-order chi connectivity index (χ0) is 18.8. The summed E-state index contributed by atoms with van der Waals surface area (Å²) in [4.78, 5) is 22.9. The molecule has 0 aliphatic carbocycles. The van der Waals surface area contributed by atoms with Gasteiger partial charge in [-0.15, -0.1) is 11.3 Å². The fourth-order valence-electron chi connectivity index (χ4n) is 1.41. The number of hydrogen-bond donors (Lipinski definition) is 0. The molecule has 0 amide bonds. The molecule has 2 nitrogen and oxygen atoms in total. The number of rotatable bonds is 8. The Labute approximate surface area is 133 Å². The summed E-state index contributed by atoms with van der Waals surface area (Å²) < 4.78 is 102. The molecular formula is C13H8F8O2S. The lowest BCUT2D eigenvalue weighted by molar-refractivity contribution is -0.327. The van der Waals surface area contributed by atoms with Crippen LogP contribution in [-0.4, -0.2) is 35.8 Å². The van der Waals surface area contributed by atoms with Gasteiger partial charge in [0.15, 0.2) is 5.78 Å². The predicted octanol–water partition coefficient (Wildman–Crippen LogP) is 4.46. The van der Waals surface area contributed by atoms with Crippen LogP contribution in [0.3, 0.4) is 0 Å². The summed E-state index contributed by atoms with van der Waals surface area (Å²) in [5, 5.41) is 1.59. The number of alkyl halides is 8. The van der Waals surface area contributed by atoms with Crippen LogP contribution in [-0.2, 0) is 9.59 Å². The van der Waals surface area contributed by atoms with Gasteiger partial charge in [-0.1, -0.05) is 6.07 Å². The van der Waals surface area contributed by atoms with Crippen LogP contribution in [0.1, 0.15) is 11.3 Å². The van der Waals surface area contributed by atoms with Crippen molar-refractivity contribution in [1.29, 1.82) is 0 Å². The first-order valence-electron chi connectivity index (χ1n) is 6.03. The van der Waals surface area contributed by atoms with E-state index in [1.165, 1.54) is 6.07 Å². The first-order valence-corrected chi connectivity index (χ1v) is 6.91. The maximum Gasteiger partial charge on any atom is 0.385 e. The second-order valence-corrected chi connectivity index (χ2v) is 5.47. The van der Waals surface area contributed by atoms with Crippen LogP contribution in [0.15, 0.2) is 23.6 Å². The Balaban J connectivity index is 2.90. The molecule has 0 saturated carbocycles. The van der Waals surface area contributed by atoms with Crippen molar-refractivity contribution in [3.05, 3.63) is 28.5 Å². The van der Waals surface area contributed by atoms with Gasteiger partial charge in [0.1, 0.15) is 0 Å². The van der Waals surface area contributed by atoms with Gasteiger partial charge in [0.05, 0.1) is 6.42 Å². The average molecular weight is 380 g/mol. The molecule has 0 aliphatic heterocycles. The SMILES string of the molecule is O=C(C=Cc1cccs1)CC(=O)C(F)(F)C(F)(F)C(F)(F)C(F)F. The highest BCUT2D eigenvalue weighted by molar-refractivity contribution is 7.10. The molecule has 0 saturated heterocycles. The minimum absolute atomic E-state index is 0.470. The highest BCUT2D eigenvalue weighted by Gasteiger charge is 2.77. The normalized spacial score (nSPS) is 13.7. The number of allylic oxidation sites excluding steroid dienone is 1. The molecule has 1 heterocycles. The number of carbonyl (C=O) groups excluding carboxylic acids is 2. The van der Waals surface area contributed by atoms with Crippen molar-refractivity contribution in [3.63, 3.8) is 0 Å². The molecule has 0 N–H and O–H groups in total. The summed E-state index contributed by atoms with van der Waals surface area (Å²) in [6, 6.07) is 3.07. The zero-order valence-electron chi connectivity index (χ0n) is 11.4. The van der Waals surface area contributed by atoms with E-state index in [0.29, 0.717) is 11.0 Å². The molecular weight excluding hydrogens is 372 g/mol. The lowest BCUT2D eigenvalue weighted by atomic mass is 9.97. The van der Waals surface area contributed by atoms with Crippen molar-refractivity contribution >= 4 is 29.0 Å². The maximum atomic E-state index is 13.2. The van der Waals surface area contributed by atoms with Gasteiger partial charge in [-0.2, -0.15) is 26.3 Å². The van der Waals surface area contributed by atoms with Crippen LogP contribution >= 0.6 is 11.3 Å². The topological polar surface area (TPSA) is 34.1 Å². The highest BCUT2D eigenvalue weighted by Crippen LogP contribution is 2.49. The van der Waals surface area contributed by atoms with Gasteiger partial charge in [0.25, 0.3) is 0 Å². The van der Waals surface area contributed by atoms with Gasteiger partial charge < -0.3 is 0 Å². The molecule has 1 aromatic rings. The average Bonchev–Trinajstić information content (AvgIpc) is 2.97. The molecule has 0 atom stereocenters. The maximum absolute atomic E-state index is 13.2. The monoisotopic (exact) mass is 380 g/mol. The largest absolute Gasteiger partial charge is 0.385 e. The van der Waals surface area contributed by atoms with Gasteiger partial charge in [-0.05, 0) is 23.6 Å². The fourth-order valence-corrected chi connectivity index (χ4v) is 2.03. The summed E-state index contributed by atoms with van der Waals surface area (Å²) in [6.45, 7) is 0. The molecule has 134 valence electrons. The standard InChI is InChI=1S/C13H8F8O2S/c14-10(15)12(18,19)13(20,21)11(16,17)9(23)6-7(22)3-4-8-2-1-5-24-8/h1-5,10H,6H2. The number of halogens is 8. The van der Waals surface area contributed by atoms with Crippen molar-refractivity contribution in [1.82, 2.24) is 0 Å². The second kappa shape index (κ2) is 6.99. The van der Waals surface area contributed by atoms with E-state index in [4.69, 9.17) is 0 Å². The van der Waals surface area contributed by atoms with Crippen LogP contribution < -0.4 is 0 Å². The van der Waals surface area contributed by atoms with Crippen molar-refractivity contribution in [2.75, 3.05) is 0 Å². The Morgan fingerprint density at radius 1 is 1.12 bits per heavy atom. The van der Waals surface area contributed by atoms with E-state index < -0.39 is 42.2 Å². The van der Waals surface area contributed by atoms with E-state index in [1.54, 1.807) is 11.4 Å². The van der Waals surface area contributed by atoms with E-state index in [2.05, 4.69) is 0 Å². The van der Waals surface area contributed by atoms with Gasteiger partial charge >= 0.3 is 24.2 Å². The zero-order valence-corrected chi connectivity index (χ0v) is 12.2. The van der Waals surface area contributed by atoms with Gasteiger partial charge in [0.2, 0.25) is 5.78 Å². The molecule has 1 aromatic heterocycles. The molecule has 0 radical (unpaired) electrons. The van der Waals surface area contributed by atoms with Crippen LogP contribution in [0.5, 0.6) is 0 Å². The van der Waals surface area contributed by atoms with Crippen molar-refractivity contribution in [2.24, 2.45) is 0 Å². The van der Waals surface area contributed by atoms with Crippen LogP contribution in [0.25, 0.3) is 6.08 Å². The quantitative estimate of drug-likeness (QED) is 0.379. The first kappa shape index (κ1) is 20.3. The van der Waals surface area contributed by atoms with E-state index in [0.717, 1.165) is 17.4 Å². The van der Waals surface area contributed by atoms with Crippen molar-refractivity contribution in [2.45, 2.75) is 30.6 Å². The first-order chi connectivity index (χ1) is 10.8. The van der Waals surface area contributed by atoms with E-state index in [-0.39, 0.29) is 0 Å². The van der Waals surface area contributed by atoms with Gasteiger partial charge in [-0.3, -0.25) is 9.59 Å². The Kier molecular flexibility index (Phi) is 5.91. The van der Waals surface area contributed by atoms with Crippen molar-refractivity contribution < 1.29 is 44.7 Å². The number of hydrogen-bond acceptors (Lipinski definition) is 3. The third-order valence-electron chi connectivity index (χ3n) is 2.75. The van der Waals surface area contributed by atoms with Gasteiger partial charge in [-0.25, -0.2) is 8.78 Å². The molecule has 0 aromatic carbocycles. The third kappa shape index (κ3) is 3.82. The lowest BCUT2D eigenvalue weighted by Gasteiger charge is -2.31. The summed E-state index contributed by atoms with van der Waals surface area (Å²) in [5.41, 5.74) is 0. The van der Waals surface area contributed by atoms with Crippen molar-refractivity contribution in [3.8, 4) is 0 Å². The van der Waals surface area contributed by atoms with E-state index in [9.17, 15) is 44.7 Å². The molecule has 0 fully saturated rings. The molecule has 0 spiro atoms. The van der Waals surface area contributed by atoms with Gasteiger partial charge in [0, 0.05) is 4.88 Å². The summed E-state index contributed by atoms with van der Waals surface area (Å²) in [7, 11) is 0. The summed E-state index contributed by atoms with van der Waals surface area (Å²) in [5.74, 6) is -23.5. The number of Topliss-reactive ketones (excluding diaryl/α,β-unsaturated/α-hetero) is 1. The Bertz CT molecular complexity index is 622. The summed E-state index contributed by atoms with van der Waals surface area (Å²) >= 11 is 1.13. The minimum Gasteiger partial charge on any atom is -0.294 e. The predicted molar refractivity (Wildman–Crippen MR) is 68.8 cm³/mol. The second-order valence-electron chi connectivity index (χ2n) is 4.49. The molecule has 24 heavy (non-hydrogen) atoms. The third-order valence-corrected chi connectivity index (χ3v) is 3.59. The fraction of sp³-hybridized carbons (Fsp3) is 0.385. The smallest absolute Gasteiger partial charge is 0.294 e. The van der Waals surface area contributed by atoms with E-state index >= 15 is 0 Å². The Morgan fingerprint density at radius 2 is 1.71 bits per heavy atom. The number of carbonyl (C=O) groups is 2. The van der Waals surface area contributed by atoms with Crippen LogP contribution in [0.4, 0.5) is 35.1 Å². The number of ketones is 2. The summed E-state index contributed by atoms with van der Waals surface area (Å²) in [6.07, 6.45) is -5.27. The molecule has 0 unspecified atom stereocenters. The lowest BCUT2D eigenvalue weighted by Crippen LogP contribution is -2.60. The van der Waals surface area contributed by atoms with E-state index in [1.807, 2.05) is 0 Å².